The van der Waals surface area contributed by atoms with Crippen LogP contribution in [0.4, 0.5) is 0 Å². The van der Waals surface area contributed by atoms with Crippen molar-refractivity contribution >= 4 is 11.6 Å². The third kappa shape index (κ3) is 0.644. The van der Waals surface area contributed by atoms with E-state index in [1.165, 1.54) is 0 Å². The number of rotatable bonds is 1. The molecule has 1 saturated heterocycles. The predicted molar refractivity (Wildman–Crippen MR) is 21.5 cm³/mol. The summed E-state index contributed by atoms with van der Waals surface area (Å²) in [5.74, 6) is 0. The van der Waals surface area contributed by atoms with Crippen molar-refractivity contribution in [2.75, 3.05) is 7.11 Å². The number of methoxy groups -OCH3 is 1. The van der Waals surface area contributed by atoms with Crippen LogP contribution in [-0.4, -0.2) is 19.0 Å². The average Bonchev–Trinajstić information content (AvgIpc) is 2.19. The first-order valence-electron chi connectivity index (χ1n) is 1.67. The van der Waals surface area contributed by atoms with Gasteiger partial charge in [-0.1, -0.05) is 11.6 Å². The molecular weight excluding hydrogens is 103 g/mol. The van der Waals surface area contributed by atoms with Gasteiger partial charge < -0.3 is 9.47 Å². The summed E-state index contributed by atoms with van der Waals surface area (Å²) in [6, 6.07) is 0. The van der Waals surface area contributed by atoms with Gasteiger partial charge in [-0.3, -0.25) is 0 Å². The third-order valence-electron chi connectivity index (χ3n) is 0.634. The van der Waals surface area contributed by atoms with Crippen LogP contribution in [0, 0.1) is 0 Å². The van der Waals surface area contributed by atoms with Crippen molar-refractivity contribution in [1.82, 2.24) is 0 Å². The minimum Gasteiger partial charge on any atom is -0.352 e. The molecule has 2 atom stereocenters. The van der Waals surface area contributed by atoms with Crippen LogP contribution in [0.5, 0.6) is 0 Å². The van der Waals surface area contributed by atoms with E-state index >= 15 is 0 Å². The smallest absolute Gasteiger partial charge is 0.199 e. The van der Waals surface area contributed by atoms with Gasteiger partial charge in [-0.2, -0.15) is 0 Å². The SMILES string of the molecule is COC1OC1Cl. The van der Waals surface area contributed by atoms with Gasteiger partial charge in [0.05, 0.1) is 0 Å². The van der Waals surface area contributed by atoms with E-state index in [9.17, 15) is 0 Å². The lowest BCUT2D eigenvalue weighted by Gasteiger charge is -1.78. The summed E-state index contributed by atoms with van der Waals surface area (Å²) < 4.78 is 9.23. The van der Waals surface area contributed by atoms with Crippen molar-refractivity contribution in [2.24, 2.45) is 0 Å². The van der Waals surface area contributed by atoms with Crippen molar-refractivity contribution < 1.29 is 9.47 Å². The minimum absolute atomic E-state index is 0.133. The Balaban J connectivity index is 2.09. The topological polar surface area (TPSA) is 21.8 Å². The van der Waals surface area contributed by atoms with Crippen LogP contribution >= 0.6 is 11.6 Å². The molecule has 0 aromatic heterocycles. The zero-order chi connectivity index (χ0) is 4.57. The number of hydrogen-bond donors (Lipinski definition) is 0. The standard InChI is InChI=1S/C3H5ClO2/c1-5-3-2(4)6-3/h2-3H,1H3. The molecule has 3 heteroatoms. The molecule has 1 aliphatic heterocycles. The third-order valence-corrected chi connectivity index (χ3v) is 0.942. The fourth-order valence-electron chi connectivity index (χ4n) is 0.245. The second-order valence-corrected chi connectivity index (χ2v) is 1.52. The van der Waals surface area contributed by atoms with Crippen molar-refractivity contribution in [3.05, 3.63) is 0 Å². The first-order valence-corrected chi connectivity index (χ1v) is 2.10. The Bertz CT molecular complexity index is 54.8. The van der Waals surface area contributed by atoms with Gasteiger partial charge in [-0.25, -0.2) is 0 Å². The zero-order valence-electron chi connectivity index (χ0n) is 3.35. The molecule has 0 spiro atoms. The molecule has 0 bridgehead atoms. The van der Waals surface area contributed by atoms with Crippen molar-refractivity contribution in [1.29, 1.82) is 0 Å². The Morgan fingerprint density at radius 1 is 1.83 bits per heavy atom. The second kappa shape index (κ2) is 1.37. The lowest BCUT2D eigenvalue weighted by atomic mass is 10.9. The molecule has 1 rings (SSSR count). The Morgan fingerprint density at radius 3 is 2.33 bits per heavy atom. The van der Waals surface area contributed by atoms with E-state index in [0.717, 1.165) is 0 Å². The molecule has 0 N–H and O–H groups in total. The number of epoxide rings is 1. The van der Waals surface area contributed by atoms with E-state index in [4.69, 9.17) is 11.6 Å². The highest BCUT2D eigenvalue weighted by Crippen LogP contribution is 2.25. The normalized spacial score (nSPS) is 43.0. The number of hydrogen-bond acceptors (Lipinski definition) is 2. The molecular formula is C3H5ClO2. The quantitative estimate of drug-likeness (QED) is 0.362. The maximum absolute atomic E-state index is 5.30. The highest BCUT2D eigenvalue weighted by molar-refractivity contribution is 6.21. The fourth-order valence-corrected chi connectivity index (χ4v) is 0.450. The molecule has 0 aliphatic carbocycles. The van der Waals surface area contributed by atoms with Crippen LogP contribution in [0.1, 0.15) is 0 Å². The fraction of sp³-hybridized carbons (Fsp3) is 1.00. The van der Waals surface area contributed by atoms with E-state index in [1.807, 2.05) is 0 Å². The van der Waals surface area contributed by atoms with Crippen molar-refractivity contribution in [3.63, 3.8) is 0 Å². The largest absolute Gasteiger partial charge is 0.352 e. The van der Waals surface area contributed by atoms with Crippen LogP contribution in [0.25, 0.3) is 0 Å². The van der Waals surface area contributed by atoms with E-state index in [0.29, 0.717) is 0 Å². The molecule has 0 aromatic rings. The van der Waals surface area contributed by atoms with Gasteiger partial charge in [0, 0.05) is 7.11 Å². The first-order chi connectivity index (χ1) is 2.84. The summed E-state index contributed by atoms with van der Waals surface area (Å²) in [7, 11) is 1.56. The molecule has 0 amide bonds. The van der Waals surface area contributed by atoms with Gasteiger partial charge in [-0.15, -0.1) is 0 Å². The van der Waals surface area contributed by atoms with Crippen LogP contribution < -0.4 is 0 Å². The molecule has 0 radical (unpaired) electrons. The van der Waals surface area contributed by atoms with Crippen LogP contribution in [0.2, 0.25) is 0 Å². The van der Waals surface area contributed by atoms with E-state index in [2.05, 4.69) is 9.47 Å². The molecule has 0 aromatic carbocycles. The molecule has 2 nitrogen and oxygen atoms in total. The summed E-state index contributed by atoms with van der Waals surface area (Å²) in [6.07, 6.45) is -0.133. The number of alkyl halides is 1. The summed E-state index contributed by atoms with van der Waals surface area (Å²) in [5.41, 5.74) is -0.185. The Kier molecular flexibility index (Phi) is 0.998. The zero-order valence-corrected chi connectivity index (χ0v) is 4.11. The molecule has 2 unspecified atom stereocenters. The number of ether oxygens (including phenoxy) is 2. The van der Waals surface area contributed by atoms with Crippen molar-refractivity contribution in [3.8, 4) is 0 Å². The minimum atomic E-state index is -0.185. The van der Waals surface area contributed by atoms with E-state index < -0.39 is 0 Å². The molecule has 0 saturated carbocycles. The Labute approximate surface area is 41.0 Å². The summed E-state index contributed by atoms with van der Waals surface area (Å²) in [6.45, 7) is 0. The summed E-state index contributed by atoms with van der Waals surface area (Å²) in [5, 5.41) is 0. The van der Waals surface area contributed by atoms with Crippen LogP contribution in [0.15, 0.2) is 0 Å². The average molecular weight is 109 g/mol. The van der Waals surface area contributed by atoms with E-state index in [-0.39, 0.29) is 11.9 Å². The highest BCUT2D eigenvalue weighted by Gasteiger charge is 2.36. The summed E-state index contributed by atoms with van der Waals surface area (Å²) >= 11 is 5.30. The Morgan fingerprint density at radius 2 is 2.33 bits per heavy atom. The van der Waals surface area contributed by atoms with E-state index in [1.54, 1.807) is 7.11 Å². The predicted octanol–water partition coefficient (Wildman–Crippen LogP) is 0.554. The highest BCUT2D eigenvalue weighted by atomic mass is 35.5. The monoisotopic (exact) mass is 108 g/mol. The van der Waals surface area contributed by atoms with Crippen LogP contribution in [-0.2, 0) is 9.47 Å². The van der Waals surface area contributed by atoms with Gasteiger partial charge in [0.25, 0.3) is 0 Å². The van der Waals surface area contributed by atoms with Crippen LogP contribution in [0.3, 0.4) is 0 Å². The number of halogens is 1. The molecule has 6 heavy (non-hydrogen) atoms. The second-order valence-electron chi connectivity index (χ2n) is 1.09. The Hall–Kier alpha value is 0.210. The van der Waals surface area contributed by atoms with Gasteiger partial charge in [0.1, 0.15) is 0 Å². The lowest BCUT2D eigenvalue weighted by Crippen LogP contribution is -1.87. The maximum atomic E-state index is 5.30. The maximum Gasteiger partial charge on any atom is 0.199 e. The van der Waals surface area contributed by atoms with Gasteiger partial charge in [0.2, 0.25) is 0 Å². The van der Waals surface area contributed by atoms with Gasteiger partial charge >= 0.3 is 0 Å². The molecule has 1 heterocycles. The van der Waals surface area contributed by atoms with Crippen molar-refractivity contribution in [2.45, 2.75) is 11.9 Å². The lowest BCUT2D eigenvalue weighted by molar-refractivity contribution is 0.0950. The summed E-state index contributed by atoms with van der Waals surface area (Å²) in [4.78, 5) is 0. The first kappa shape index (κ1) is 4.37. The van der Waals surface area contributed by atoms with Gasteiger partial charge in [0.15, 0.2) is 11.9 Å². The molecule has 1 fully saturated rings. The molecule has 1 aliphatic rings. The molecule has 36 valence electrons. The van der Waals surface area contributed by atoms with Gasteiger partial charge in [-0.05, 0) is 0 Å².